The van der Waals surface area contributed by atoms with E-state index in [1.165, 1.54) is 25.3 Å². The van der Waals surface area contributed by atoms with Crippen LogP contribution < -0.4 is 4.74 Å². The van der Waals surface area contributed by atoms with E-state index < -0.39 is 12.6 Å². The molecule has 4 heteroatoms. The molecule has 70 valence electrons. The maximum Gasteiger partial charge on any atom is 0.339 e. The fraction of sp³-hybridized carbons (Fsp3) is 0.222. The first-order valence-electron chi connectivity index (χ1n) is 3.65. The molecule has 0 heterocycles. The molecule has 0 aliphatic carbocycles. The van der Waals surface area contributed by atoms with E-state index in [0.29, 0.717) is 5.56 Å². The van der Waals surface area contributed by atoms with E-state index in [1.807, 2.05) is 0 Å². The van der Waals surface area contributed by atoms with Gasteiger partial charge in [-0.3, -0.25) is 0 Å². The fourth-order valence-electron chi connectivity index (χ4n) is 1.01. The Morgan fingerprint density at radius 2 is 2.31 bits per heavy atom. The topological polar surface area (TPSA) is 46.5 Å². The van der Waals surface area contributed by atoms with Gasteiger partial charge in [-0.2, -0.15) is 0 Å². The van der Waals surface area contributed by atoms with Crippen LogP contribution in [0.5, 0.6) is 5.75 Å². The first-order chi connectivity index (χ1) is 6.19. The zero-order chi connectivity index (χ0) is 9.84. The molecule has 1 rings (SSSR count). The molecule has 1 aromatic rings. The predicted molar refractivity (Wildman–Crippen MR) is 44.8 cm³/mol. The van der Waals surface area contributed by atoms with Crippen LogP contribution in [-0.2, 0) is 6.67 Å². The Kier molecular flexibility index (Phi) is 2.84. The second kappa shape index (κ2) is 3.89. The Labute approximate surface area is 74.8 Å². The van der Waals surface area contributed by atoms with Crippen molar-refractivity contribution in [2.75, 3.05) is 7.11 Å². The number of aromatic carboxylic acids is 1. The van der Waals surface area contributed by atoms with Crippen LogP contribution in [-0.4, -0.2) is 18.2 Å². The second-order valence-corrected chi connectivity index (χ2v) is 2.47. The number of hydrogen-bond donors (Lipinski definition) is 1. The number of methoxy groups -OCH3 is 1. The third kappa shape index (κ3) is 1.96. The van der Waals surface area contributed by atoms with Crippen LogP contribution in [0.25, 0.3) is 0 Å². The second-order valence-electron chi connectivity index (χ2n) is 2.47. The van der Waals surface area contributed by atoms with Gasteiger partial charge in [0.05, 0.1) is 7.11 Å². The summed E-state index contributed by atoms with van der Waals surface area (Å²) in [5.74, 6) is -0.878. The Hall–Kier alpha value is -1.58. The molecular weight excluding hydrogens is 175 g/mol. The molecule has 1 aromatic carbocycles. The summed E-state index contributed by atoms with van der Waals surface area (Å²) < 4.78 is 17.0. The van der Waals surface area contributed by atoms with Crippen LogP contribution in [0.15, 0.2) is 18.2 Å². The molecule has 3 nitrogen and oxygen atoms in total. The SMILES string of the molecule is COc1ccc(CF)cc1C(=O)O. The molecule has 0 aliphatic heterocycles. The molecule has 0 saturated heterocycles. The van der Waals surface area contributed by atoms with E-state index in [0.717, 1.165) is 0 Å². The van der Waals surface area contributed by atoms with Crippen molar-refractivity contribution in [3.8, 4) is 5.75 Å². The predicted octanol–water partition coefficient (Wildman–Crippen LogP) is 1.86. The molecule has 0 fully saturated rings. The maximum atomic E-state index is 12.2. The summed E-state index contributed by atoms with van der Waals surface area (Å²) in [5, 5.41) is 8.71. The van der Waals surface area contributed by atoms with Crippen molar-refractivity contribution in [3.63, 3.8) is 0 Å². The van der Waals surface area contributed by atoms with Gasteiger partial charge in [0.2, 0.25) is 0 Å². The van der Waals surface area contributed by atoms with Crippen LogP contribution in [0.2, 0.25) is 0 Å². The molecule has 0 spiro atoms. The quantitative estimate of drug-likeness (QED) is 0.779. The maximum absolute atomic E-state index is 12.2. The van der Waals surface area contributed by atoms with E-state index in [4.69, 9.17) is 9.84 Å². The highest BCUT2D eigenvalue weighted by atomic mass is 19.1. The van der Waals surface area contributed by atoms with Gasteiger partial charge in [0.25, 0.3) is 0 Å². The minimum atomic E-state index is -1.12. The van der Waals surface area contributed by atoms with Gasteiger partial charge < -0.3 is 9.84 Å². The highest BCUT2D eigenvalue weighted by molar-refractivity contribution is 5.91. The van der Waals surface area contributed by atoms with Crippen LogP contribution in [0.1, 0.15) is 15.9 Å². The summed E-state index contributed by atoms with van der Waals surface area (Å²) in [7, 11) is 1.37. The normalized spacial score (nSPS) is 9.69. The standard InChI is InChI=1S/C9H9FO3/c1-13-8-3-2-6(5-10)4-7(8)9(11)12/h2-4H,5H2,1H3,(H,11,12). The largest absolute Gasteiger partial charge is 0.496 e. The van der Waals surface area contributed by atoms with Crippen molar-refractivity contribution >= 4 is 5.97 Å². The van der Waals surface area contributed by atoms with Gasteiger partial charge in [-0.15, -0.1) is 0 Å². The summed E-state index contributed by atoms with van der Waals surface area (Å²) >= 11 is 0. The Morgan fingerprint density at radius 1 is 1.62 bits per heavy atom. The average molecular weight is 184 g/mol. The molecule has 0 radical (unpaired) electrons. The van der Waals surface area contributed by atoms with Gasteiger partial charge in [0.1, 0.15) is 18.0 Å². The van der Waals surface area contributed by atoms with Crippen molar-refractivity contribution in [2.45, 2.75) is 6.67 Å². The summed E-state index contributed by atoms with van der Waals surface area (Å²) in [4.78, 5) is 10.6. The van der Waals surface area contributed by atoms with Crippen molar-refractivity contribution in [1.82, 2.24) is 0 Å². The first kappa shape index (κ1) is 9.51. The summed E-state index contributed by atoms with van der Waals surface area (Å²) in [6, 6.07) is 4.20. The highest BCUT2D eigenvalue weighted by Crippen LogP contribution is 2.20. The molecule has 1 N–H and O–H groups in total. The zero-order valence-corrected chi connectivity index (χ0v) is 7.08. The summed E-state index contributed by atoms with van der Waals surface area (Å²) in [5.41, 5.74) is 0.316. The van der Waals surface area contributed by atoms with E-state index >= 15 is 0 Å². The van der Waals surface area contributed by atoms with Gasteiger partial charge in [-0.05, 0) is 17.7 Å². The van der Waals surface area contributed by atoms with E-state index in [2.05, 4.69) is 0 Å². The van der Waals surface area contributed by atoms with Gasteiger partial charge in [0, 0.05) is 0 Å². The molecule has 0 aliphatic rings. The van der Waals surface area contributed by atoms with Crippen LogP contribution in [0, 0.1) is 0 Å². The monoisotopic (exact) mass is 184 g/mol. The first-order valence-corrected chi connectivity index (χ1v) is 3.65. The highest BCUT2D eigenvalue weighted by Gasteiger charge is 2.10. The third-order valence-electron chi connectivity index (χ3n) is 1.65. The number of carboxylic acids is 1. The minimum Gasteiger partial charge on any atom is -0.496 e. The third-order valence-corrected chi connectivity index (χ3v) is 1.65. The smallest absolute Gasteiger partial charge is 0.339 e. The van der Waals surface area contributed by atoms with Crippen molar-refractivity contribution in [3.05, 3.63) is 29.3 Å². The van der Waals surface area contributed by atoms with E-state index in [-0.39, 0.29) is 11.3 Å². The lowest BCUT2D eigenvalue weighted by Gasteiger charge is -2.05. The Balaban J connectivity index is 3.18. The van der Waals surface area contributed by atoms with Crippen LogP contribution in [0.3, 0.4) is 0 Å². The molecule has 0 saturated carbocycles. The number of alkyl halides is 1. The molecule has 0 aromatic heterocycles. The summed E-state index contributed by atoms with van der Waals surface area (Å²) in [6.07, 6.45) is 0. The lowest BCUT2D eigenvalue weighted by atomic mass is 10.1. The van der Waals surface area contributed by atoms with Gasteiger partial charge in [-0.1, -0.05) is 6.07 Å². The van der Waals surface area contributed by atoms with Crippen LogP contribution >= 0.6 is 0 Å². The number of benzene rings is 1. The van der Waals surface area contributed by atoms with Crippen molar-refractivity contribution in [1.29, 1.82) is 0 Å². The number of halogens is 1. The van der Waals surface area contributed by atoms with Gasteiger partial charge >= 0.3 is 5.97 Å². The fourth-order valence-corrected chi connectivity index (χ4v) is 1.01. The number of rotatable bonds is 3. The Morgan fingerprint density at radius 3 is 2.77 bits per heavy atom. The van der Waals surface area contributed by atoms with Crippen molar-refractivity contribution < 1.29 is 19.0 Å². The average Bonchev–Trinajstić information content (AvgIpc) is 2.16. The van der Waals surface area contributed by atoms with Gasteiger partial charge in [-0.25, -0.2) is 9.18 Å². The lowest BCUT2D eigenvalue weighted by molar-refractivity contribution is 0.0693. The number of hydrogen-bond acceptors (Lipinski definition) is 2. The molecule has 0 bridgehead atoms. The minimum absolute atomic E-state index is 0.0161. The van der Waals surface area contributed by atoms with E-state index in [9.17, 15) is 9.18 Å². The Bertz CT molecular complexity index is 323. The molecular formula is C9H9FO3. The molecule has 0 amide bonds. The lowest BCUT2D eigenvalue weighted by Crippen LogP contribution is -2.01. The van der Waals surface area contributed by atoms with Crippen molar-refractivity contribution in [2.24, 2.45) is 0 Å². The molecule has 0 atom stereocenters. The van der Waals surface area contributed by atoms with Gasteiger partial charge in [0.15, 0.2) is 0 Å². The number of carboxylic acid groups (broad SMARTS) is 1. The number of carbonyl (C=O) groups is 1. The van der Waals surface area contributed by atoms with E-state index in [1.54, 1.807) is 0 Å². The zero-order valence-electron chi connectivity index (χ0n) is 7.08. The number of ether oxygens (including phenoxy) is 1. The molecule has 0 unspecified atom stereocenters. The summed E-state index contributed by atoms with van der Waals surface area (Å²) in [6.45, 7) is -0.676. The van der Waals surface area contributed by atoms with Crippen LogP contribution in [0.4, 0.5) is 4.39 Å². The molecule has 13 heavy (non-hydrogen) atoms.